The SMILES string of the molecule is CC/C=C\CCCCOC(CCC(=O)OCCCCCCN(CCCCCCCC(=O)OCCCCCCCCC)CCCNC(=O)OCC[Si-](C)(C)C)OCCCC/C=C\CC. The molecule has 1 N–H and O–H groups in total. The summed E-state index contributed by atoms with van der Waals surface area (Å²) in [6.45, 7) is 19.7. The predicted octanol–water partition coefficient (Wildman–Crippen LogP) is 13.9. The molecule has 11 heteroatoms. The number of unbranched alkanes of at least 4 members (excludes halogenated alkanes) is 17. The Morgan fingerprint density at radius 1 is 0.508 bits per heavy atom. The van der Waals surface area contributed by atoms with Gasteiger partial charge < -0.3 is 33.9 Å². The van der Waals surface area contributed by atoms with Crippen molar-refractivity contribution in [3.63, 3.8) is 0 Å². The first-order chi connectivity index (χ1) is 30.6. The number of esters is 2. The molecule has 0 spiro atoms. The van der Waals surface area contributed by atoms with Crippen LogP contribution in [0.4, 0.5) is 4.79 Å². The first kappa shape index (κ1) is 60.8. The molecule has 0 aromatic rings. The van der Waals surface area contributed by atoms with Crippen molar-refractivity contribution in [2.45, 2.75) is 233 Å². The van der Waals surface area contributed by atoms with Gasteiger partial charge in [-0.1, -0.05) is 116 Å². The molecule has 0 rings (SSSR count). The zero-order valence-corrected chi connectivity index (χ0v) is 43.0. The normalized spacial score (nSPS) is 12.0. The minimum Gasteiger partial charge on any atom is -0.466 e. The van der Waals surface area contributed by atoms with Gasteiger partial charge >= 0.3 is 18.0 Å². The van der Waals surface area contributed by atoms with Crippen LogP contribution in [0.2, 0.25) is 25.7 Å². The topological polar surface area (TPSA) is 113 Å². The van der Waals surface area contributed by atoms with Crippen LogP contribution in [0.25, 0.3) is 0 Å². The number of carbonyl (C=O) groups excluding carboxylic acids is 3. The summed E-state index contributed by atoms with van der Waals surface area (Å²) >= 11 is 0. The van der Waals surface area contributed by atoms with Crippen LogP contribution in [0.5, 0.6) is 0 Å². The molecule has 0 atom stereocenters. The van der Waals surface area contributed by atoms with E-state index in [4.69, 9.17) is 23.7 Å². The molecule has 10 nitrogen and oxygen atoms in total. The van der Waals surface area contributed by atoms with Crippen molar-refractivity contribution in [1.82, 2.24) is 10.2 Å². The summed E-state index contributed by atoms with van der Waals surface area (Å²) in [7, 11) is -1.24. The van der Waals surface area contributed by atoms with Crippen molar-refractivity contribution >= 4 is 26.1 Å². The maximum atomic E-state index is 12.6. The Labute approximate surface area is 389 Å². The number of alkyl carbamates (subject to hydrolysis) is 1. The molecule has 371 valence electrons. The van der Waals surface area contributed by atoms with Gasteiger partial charge in [0.05, 0.1) is 26.2 Å². The number of amides is 1. The molecule has 0 heterocycles. The van der Waals surface area contributed by atoms with E-state index in [1.165, 1.54) is 32.1 Å². The van der Waals surface area contributed by atoms with Gasteiger partial charge in [-0.2, -0.15) is 19.6 Å². The van der Waals surface area contributed by atoms with E-state index < -0.39 is 8.07 Å². The summed E-state index contributed by atoms with van der Waals surface area (Å²) in [6, 6.07) is 0.973. The monoisotopic (exact) mass is 909 g/mol. The van der Waals surface area contributed by atoms with Gasteiger partial charge in [0.2, 0.25) is 0 Å². The Balaban J connectivity index is 4.52. The smallest absolute Gasteiger partial charge is 0.407 e. The second kappa shape index (κ2) is 46.3. The number of allylic oxidation sites excluding steroid dienone is 4. The van der Waals surface area contributed by atoms with Crippen molar-refractivity contribution in [3.8, 4) is 0 Å². The van der Waals surface area contributed by atoms with E-state index in [9.17, 15) is 14.4 Å². The Morgan fingerprint density at radius 3 is 1.52 bits per heavy atom. The van der Waals surface area contributed by atoms with E-state index in [2.05, 4.69) is 74.9 Å². The van der Waals surface area contributed by atoms with E-state index in [1.807, 2.05) is 0 Å². The Kier molecular flexibility index (Phi) is 44.7. The lowest BCUT2D eigenvalue weighted by Gasteiger charge is -2.26. The van der Waals surface area contributed by atoms with Gasteiger partial charge in [-0.15, -0.1) is 14.1 Å². The number of nitrogens with one attached hydrogen (secondary N) is 1. The number of hydrogen-bond acceptors (Lipinski definition) is 9. The van der Waals surface area contributed by atoms with Crippen molar-refractivity contribution in [3.05, 3.63) is 24.3 Å². The van der Waals surface area contributed by atoms with Crippen molar-refractivity contribution < 1.29 is 38.1 Å². The summed E-state index contributed by atoms with van der Waals surface area (Å²) in [6.07, 6.45) is 36.7. The Bertz CT molecular complexity index is 1070. The number of nitrogens with zero attached hydrogens (tertiary/aromatic N) is 1. The number of rotatable bonds is 47. The molecule has 0 unspecified atom stereocenters. The average molecular weight is 909 g/mol. The first-order valence-corrected chi connectivity index (χ1v) is 29.8. The summed E-state index contributed by atoms with van der Waals surface area (Å²) in [5.41, 5.74) is 0. The molecule has 0 radical (unpaired) electrons. The predicted molar refractivity (Wildman–Crippen MR) is 266 cm³/mol. The standard InChI is InChI=1S/C52H100N2O8Si/c1-7-10-13-16-19-26-31-43-58-49(55)36-28-21-20-22-29-40-54(42-35-39-53-52(57)62-47-48-63(4,5)6)41-30-23-27-32-44-59-50(56)37-38-51(60-45-33-24-17-14-11-8-2)61-46-34-25-18-15-12-9-3/h11-12,14-15,51H,7-10,13,16-48H2,1-6H3,(H,53,57)/q-1/b14-11-,15-12-. The van der Waals surface area contributed by atoms with Gasteiger partial charge in [0.25, 0.3) is 0 Å². The maximum absolute atomic E-state index is 12.6. The van der Waals surface area contributed by atoms with Crippen LogP contribution < -0.4 is 5.32 Å². The molecule has 0 aromatic carbocycles. The highest BCUT2D eigenvalue weighted by atomic mass is 28.3. The van der Waals surface area contributed by atoms with Crippen LogP contribution in [0, 0.1) is 0 Å². The number of carbonyl (C=O) groups is 3. The third-order valence-electron chi connectivity index (χ3n) is 11.0. The van der Waals surface area contributed by atoms with Crippen molar-refractivity contribution in [2.75, 3.05) is 59.2 Å². The molecule has 0 aliphatic heterocycles. The van der Waals surface area contributed by atoms with Crippen LogP contribution in [-0.2, 0) is 33.3 Å². The molecule has 63 heavy (non-hydrogen) atoms. The lowest BCUT2D eigenvalue weighted by atomic mass is 10.1. The second-order valence-electron chi connectivity index (χ2n) is 18.5. The van der Waals surface area contributed by atoms with E-state index in [0.29, 0.717) is 58.8 Å². The average Bonchev–Trinajstić information content (AvgIpc) is 3.25. The molecule has 0 aliphatic rings. The van der Waals surface area contributed by atoms with Gasteiger partial charge in [-0.05, 0) is 110 Å². The largest absolute Gasteiger partial charge is 0.466 e. The molecular formula is C52H100N2O8Si-. The lowest BCUT2D eigenvalue weighted by molar-refractivity contribution is -0.159. The molecule has 0 bridgehead atoms. The Morgan fingerprint density at radius 2 is 0.984 bits per heavy atom. The molecule has 0 saturated heterocycles. The molecule has 1 amide bonds. The zero-order valence-electron chi connectivity index (χ0n) is 42.0. The van der Waals surface area contributed by atoms with Crippen molar-refractivity contribution in [1.29, 1.82) is 0 Å². The summed E-state index contributed by atoms with van der Waals surface area (Å²) in [4.78, 5) is 39.5. The fourth-order valence-electron chi connectivity index (χ4n) is 7.01. The third kappa shape index (κ3) is 47.6. The maximum Gasteiger partial charge on any atom is 0.407 e. The minimum absolute atomic E-state index is 0.0483. The minimum atomic E-state index is -1.24. The summed E-state index contributed by atoms with van der Waals surface area (Å²) < 4.78 is 28.6. The van der Waals surface area contributed by atoms with Crippen LogP contribution >= 0.6 is 0 Å². The highest BCUT2D eigenvalue weighted by Crippen LogP contribution is 2.13. The second-order valence-corrected chi connectivity index (χ2v) is 24.1. The third-order valence-corrected chi connectivity index (χ3v) is 12.7. The summed E-state index contributed by atoms with van der Waals surface area (Å²) in [5, 5.41) is 2.93. The van der Waals surface area contributed by atoms with Crippen LogP contribution in [0.1, 0.15) is 201 Å². The van der Waals surface area contributed by atoms with Gasteiger partial charge in [-0.3, -0.25) is 9.59 Å². The summed E-state index contributed by atoms with van der Waals surface area (Å²) in [5.74, 6) is -0.229. The van der Waals surface area contributed by atoms with Crippen LogP contribution in [0.15, 0.2) is 24.3 Å². The van der Waals surface area contributed by atoms with E-state index >= 15 is 0 Å². The van der Waals surface area contributed by atoms with Crippen LogP contribution in [0.3, 0.4) is 0 Å². The molecule has 0 aliphatic carbocycles. The lowest BCUT2D eigenvalue weighted by Crippen LogP contribution is -2.32. The van der Waals surface area contributed by atoms with Gasteiger partial charge in [0, 0.05) is 32.6 Å². The number of ether oxygens (including phenoxy) is 5. The van der Waals surface area contributed by atoms with Crippen LogP contribution in [-0.4, -0.2) is 96.5 Å². The molecular weight excluding hydrogens is 809 g/mol. The fraction of sp³-hybridized carbons (Fsp3) is 0.865. The highest BCUT2D eigenvalue weighted by Gasteiger charge is 2.14. The van der Waals surface area contributed by atoms with E-state index in [1.54, 1.807) is 0 Å². The molecule has 0 aromatic heterocycles. The van der Waals surface area contributed by atoms with Gasteiger partial charge in [-0.25, -0.2) is 4.79 Å². The zero-order chi connectivity index (χ0) is 46.3. The van der Waals surface area contributed by atoms with Crippen molar-refractivity contribution in [2.24, 2.45) is 0 Å². The number of hydrogen-bond donors (Lipinski definition) is 1. The fourth-order valence-corrected chi connectivity index (χ4v) is 7.72. The highest BCUT2D eigenvalue weighted by molar-refractivity contribution is 6.76. The quantitative estimate of drug-likeness (QED) is 0.0159. The molecule has 0 saturated carbocycles. The first-order valence-electron chi connectivity index (χ1n) is 26.1. The van der Waals surface area contributed by atoms with Gasteiger partial charge in [0.15, 0.2) is 6.29 Å². The van der Waals surface area contributed by atoms with Gasteiger partial charge in [0.1, 0.15) is 0 Å². The Hall–Kier alpha value is -2.21. The van der Waals surface area contributed by atoms with E-state index in [0.717, 1.165) is 154 Å². The molecule has 0 fully saturated rings. The van der Waals surface area contributed by atoms with E-state index in [-0.39, 0.29) is 24.3 Å².